The minimum Gasteiger partial charge on any atom is -0.382 e. The molecule has 1 atom stereocenters. The third-order valence-electron chi connectivity index (χ3n) is 6.33. The van der Waals surface area contributed by atoms with Crippen molar-refractivity contribution in [2.75, 3.05) is 51.4 Å². The number of guanidine groups is 1. The molecule has 2 N–H and O–H groups in total. The van der Waals surface area contributed by atoms with E-state index in [1.54, 1.807) is 0 Å². The van der Waals surface area contributed by atoms with Crippen LogP contribution < -0.4 is 15.5 Å². The van der Waals surface area contributed by atoms with Crippen LogP contribution in [0.25, 0.3) is 0 Å². The molecule has 8 heteroatoms. The van der Waals surface area contributed by atoms with Crippen LogP contribution in [0.1, 0.15) is 51.5 Å². The number of hydrogen-bond donors (Lipinski definition) is 2. The van der Waals surface area contributed by atoms with Crippen LogP contribution in [0.5, 0.6) is 0 Å². The van der Waals surface area contributed by atoms with E-state index in [0.29, 0.717) is 12.0 Å². The summed E-state index contributed by atoms with van der Waals surface area (Å²) < 4.78 is 11.2. The molecule has 2 fully saturated rings. The predicted molar refractivity (Wildman–Crippen MR) is 137 cm³/mol. The van der Waals surface area contributed by atoms with Gasteiger partial charge >= 0.3 is 0 Å². The highest BCUT2D eigenvalue weighted by atomic mass is 127. The van der Waals surface area contributed by atoms with Gasteiger partial charge < -0.3 is 25.0 Å². The summed E-state index contributed by atoms with van der Waals surface area (Å²) in [7, 11) is 1.83. The first kappa shape index (κ1) is 26.1. The van der Waals surface area contributed by atoms with E-state index in [2.05, 4.69) is 51.5 Å². The highest BCUT2D eigenvalue weighted by Gasteiger charge is 2.33. The molecule has 0 aromatic carbocycles. The molecule has 1 unspecified atom stereocenters. The van der Waals surface area contributed by atoms with Crippen molar-refractivity contribution >= 4 is 35.8 Å². The van der Waals surface area contributed by atoms with E-state index in [-0.39, 0.29) is 30.1 Å². The van der Waals surface area contributed by atoms with Crippen molar-refractivity contribution in [2.45, 2.75) is 58.6 Å². The summed E-state index contributed by atoms with van der Waals surface area (Å²) in [5.41, 5.74) is 1.49. The van der Waals surface area contributed by atoms with E-state index in [9.17, 15) is 0 Å². The minimum absolute atomic E-state index is 0. The van der Waals surface area contributed by atoms with Crippen molar-refractivity contribution in [3.8, 4) is 0 Å². The van der Waals surface area contributed by atoms with Gasteiger partial charge in [-0.25, -0.2) is 4.98 Å². The van der Waals surface area contributed by atoms with Gasteiger partial charge in [-0.2, -0.15) is 0 Å². The molecular formula is C23H40IN5O2. The lowest BCUT2D eigenvalue weighted by atomic mass is 9.83. The van der Waals surface area contributed by atoms with Crippen LogP contribution in [0.15, 0.2) is 23.3 Å². The van der Waals surface area contributed by atoms with Crippen LogP contribution >= 0.6 is 24.0 Å². The average Bonchev–Trinajstić information content (AvgIpc) is 3.23. The third kappa shape index (κ3) is 8.05. The summed E-state index contributed by atoms with van der Waals surface area (Å²) in [6.07, 6.45) is 8.52. The summed E-state index contributed by atoms with van der Waals surface area (Å²) in [5.74, 6) is 1.87. The molecule has 2 aliphatic rings. The standard InChI is InChI=1S/C23H39N5O2.HI/c1-4-29-13-11-23(9-5-6-10-23)18-27-22(24-3)26-16-20-7-8-21(25-15-20)28-12-14-30-19(2)17-28;/h7-8,15,19H,4-6,9-14,16-18H2,1-3H3,(H2,24,26,27);1H. The van der Waals surface area contributed by atoms with Gasteiger partial charge in [0.1, 0.15) is 5.82 Å². The van der Waals surface area contributed by atoms with Crippen LogP contribution in [-0.4, -0.2) is 63.6 Å². The number of aromatic nitrogens is 1. The molecule has 2 heterocycles. The summed E-state index contributed by atoms with van der Waals surface area (Å²) in [5, 5.41) is 6.99. The molecule has 176 valence electrons. The molecule has 3 rings (SSSR count). The van der Waals surface area contributed by atoms with Crippen LogP contribution in [0.2, 0.25) is 0 Å². The zero-order valence-electron chi connectivity index (χ0n) is 19.4. The van der Waals surface area contributed by atoms with Crippen LogP contribution in [0.4, 0.5) is 5.82 Å². The Bertz CT molecular complexity index is 664. The zero-order valence-corrected chi connectivity index (χ0v) is 21.7. The number of rotatable bonds is 9. The lowest BCUT2D eigenvalue weighted by molar-refractivity contribution is 0.0529. The summed E-state index contributed by atoms with van der Waals surface area (Å²) in [4.78, 5) is 11.4. The SMILES string of the molecule is CCOCCC1(CNC(=NC)NCc2ccc(N3CCOC(C)C3)nc2)CCCC1.I. The summed E-state index contributed by atoms with van der Waals surface area (Å²) in [6.45, 7) is 10.0. The fraction of sp³-hybridized carbons (Fsp3) is 0.739. The van der Waals surface area contributed by atoms with Crippen LogP contribution in [-0.2, 0) is 16.0 Å². The molecule has 0 radical (unpaired) electrons. The van der Waals surface area contributed by atoms with Gasteiger partial charge in [-0.05, 0) is 50.2 Å². The smallest absolute Gasteiger partial charge is 0.191 e. The van der Waals surface area contributed by atoms with Crippen molar-refractivity contribution in [3.63, 3.8) is 0 Å². The maximum Gasteiger partial charge on any atom is 0.191 e. The minimum atomic E-state index is 0. The topological polar surface area (TPSA) is 71.0 Å². The molecule has 0 spiro atoms. The first-order valence-electron chi connectivity index (χ1n) is 11.5. The normalized spacial score (nSPS) is 20.9. The Morgan fingerprint density at radius 1 is 1.32 bits per heavy atom. The Morgan fingerprint density at radius 3 is 2.77 bits per heavy atom. The van der Waals surface area contributed by atoms with Gasteiger partial charge in [0.25, 0.3) is 0 Å². The highest BCUT2D eigenvalue weighted by molar-refractivity contribution is 14.0. The van der Waals surface area contributed by atoms with Crippen molar-refractivity contribution < 1.29 is 9.47 Å². The quantitative estimate of drug-likeness (QED) is 0.214. The second kappa shape index (κ2) is 13.4. The summed E-state index contributed by atoms with van der Waals surface area (Å²) in [6, 6.07) is 4.25. The second-order valence-corrected chi connectivity index (χ2v) is 8.59. The Kier molecular flexibility index (Phi) is 11.3. The largest absolute Gasteiger partial charge is 0.382 e. The van der Waals surface area contributed by atoms with E-state index in [0.717, 1.165) is 63.2 Å². The van der Waals surface area contributed by atoms with Crippen molar-refractivity contribution in [2.24, 2.45) is 10.4 Å². The monoisotopic (exact) mass is 545 g/mol. The van der Waals surface area contributed by atoms with Gasteiger partial charge in [0.15, 0.2) is 5.96 Å². The highest BCUT2D eigenvalue weighted by Crippen LogP contribution is 2.40. The van der Waals surface area contributed by atoms with Gasteiger partial charge in [0.2, 0.25) is 0 Å². The molecule has 0 bridgehead atoms. The lowest BCUT2D eigenvalue weighted by Gasteiger charge is -2.32. The molecular weight excluding hydrogens is 505 g/mol. The maximum absolute atomic E-state index is 5.63. The van der Waals surface area contributed by atoms with Gasteiger partial charge in [0, 0.05) is 52.6 Å². The molecule has 1 aliphatic carbocycles. The summed E-state index contributed by atoms with van der Waals surface area (Å²) >= 11 is 0. The van der Waals surface area contributed by atoms with E-state index in [4.69, 9.17) is 9.47 Å². The predicted octanol–water partition coefficient (Wildman–Crippen LogP) is 3.58. The number of hydrogen-bond acceptors (Lipinski definition) is 5. The van der Waals surface area contributed by atoms with Crippen molar-refractivity contribution in [1.82, 2.24) is 15.6 Å². The average molecular weight is 546 g/mol. The van der Waals surface area contributed by atoms with E-state index < -0.39 is 0 Å². The molecule has 1 saturated heterocycles. The van der Waals surface area contributed by atoms with Gasteiger partial charge in [-0.1, -0.05) is 18.9 Å². The van der Waals surface area contributed by atoms with Gasteiger partial charge in [0.05, 0.1) is 12.7 Å². The molecule has 1 aromatic heterocycles. The molecule has 1 aromatic rings. The number of halogens is 1. The zero-order chi connectivity index (χ0) is 21.2. The Morgan fingerprint density at radius 2 is 2.13 bits per heavy atom. The number of anilines is 1. The number of pyridine rings is 1. The van der Waals surface area contributed by atoms with Crippen molar-refractivity contribution in [1.29, 1.82) is 0 Å². The van der Waals surface area contributed by atoms with Crippen molar-refractivity contribution in [3.05, 3.63) is 23.9 Å². The molecule has 31 heavy (non-hydrogen) atoms. The van der Waals surface area contributed by atoms with E-state index >= 15 is 0 Å². The number of nitrogens with one attached hydrogen (secondary N) is 2. The Labute approximate surface area is 204 Å². The number of ether oxygens (including phenoxy) is 2. The molecule has 1 saturated carbocycles. The molecule has 7 nitrogen and oxygen atoms in total. The van der Waals surface area contributed by atoms with E-state index in [1.807, 2.05) is 13.2 Å². The third-order valence-corrected chi connectivity index (χ3v) is 6.33. The fourth-order valence-electron chi connectivity index (χ4n) is 4.49. The number of nitrogens with zero attached hydrogens (tertiary/aromatic N) is 3. The fourth-order valence-corrected chi connectivity index (χ4v) is 4.49. The van der Waals surface area contributed by atoms with Crippen LogP contribution in [0, 0.1) is 5.41 Å². The molecule has 1 aliphatic heterocycles. The Balaban J connectivity index is 0.00000341. The molecule has 0 amide bonds. The first-order valence-corrected chi connectivity index (χ1v) is 11.5. The number of aliphatic imine (C=N–C) groups is 1. The van der Waals surface area contributed by atoms with Crippen LogP contribution in [0.3, 0.4) is 0 Å². The first-order chi connectivity index (χ1) is 14.6. The maximum atomic E-state index is 5.63. The lowest BCUT2D eigenvalue weighted by Crippen LogP contribution is -2.43. The van der Waals surface area contributed by atoms with Gasteiger partial charge in [-0.15, -0.1) is 24.0 Å². The van der Waals surface area contributed by atoms with Gasteiger partial charge in [-0.3, -0.25) is 4.99 Å². The Hall–Kier alpha value is -1.13. The number of morpholine rings is 1. The second-order valence-electron chi connectivity index (χ2n) is 8.59. The van der Waals surface area contributed by atoms with E-state index in [1.165, 1.54) is 25.7 Å².